The Morgan fingerprint density at radius 2 is 1.77 bits per heavy atom. The van der Waals surface area contributed by atoms with E-state index in [-0.39, 0.29) is 18.2 Å². The van der Waals surface area contributed by atoms with Crippen LogP contribution in [0.2, 0.25) is 0 Å². The molecule has 0 aromatic heterocycles. The predicted molar refractivity (Wildman–Crippen MR) is 137 cm³/mol. The molecule has 1 aliphatic rings. The second-order valence-corrected chi connectivity index (χ2v) is 9.73. The number of anilines is 1. The number of hydrogen-bond acceptors (Lipinski definition) is 4. The zero-order valence-corrected chi connectivity index (χ0v) is 20.1. The Morgan fingerprint density at radius 1 is 1.09 bits per heavy atom. The minimum Gasteiger partial charge on any atom is -0.344 e. The Bertz CT molecular complexity index is 1270. The van der Waals surface area contributed by atoms with E-state index in [4.69, 9.17) is 5.73 Å². The average molecular weight is 467 g/mol. The molecule has 0 fully saturated rings. The topological polar surface area (TPSA) is 99.2 Å². The van der Waals surface area contributed by atoms with Crippen molar-refractivity contribution in [1.82, 2.24) is 5.32 Å². The Hall–Kier alpha value is -3.95. The number of aryl methyl sites for hydroxylation is 1. The van der Waals surface area contributed by atoms with Crippen LogP contribution in [0.3, 0.4) is 0 Å². The molecule has 1 aliphatic heterocycles. The van der Waals surface area contributed by atoms with E-state index < -0.39 is 11.6 Å². The molecule has 6 nitrogen and oxygen atoms in total. The molecule has 1 heterocycles. The number of rotatable bonds is 6. The zero-order valence-electron chi connectivity index (χ0n) is 20.1. The number of nitrogens with two attached hydrogens (primary N) is 1. The standard InChI is InChI=1S/C29H30N4O2/c1-29(2,31)17-27(34)32-25-16-15-22-7-4-6-10-26(22)33(28(25)35)19-20-11-13-21(14-12-20)24-9-5-3-8-23(24)18-30/h3-14,25H,15-17,19,31H2,1-2H3,(H,32,34)/t25-/m1/s1. The van der Waals surface area contributed by atoms with E-state index in [1.165, 1.54) is 0 Å². The molecule has 0 unspecified atom stereocenters. The molecule has 178 valence electrons. The summed E-state index contributed by atoms with van der Waals surface area (Å²) in [7, 11) is 0. The van der Waals surface area contributed by atoms with Crippen LogP contribution >= 0.6 is 0 Å². The zero-order chi connectivity index (χ0) is 25.0. The van der Waals surface area contributed by atoms with Crippen molar-refractivity contribution in [2.75, 3.05) is 4.90 Å². The molecule has 0 saturated heterocycles. The maximum atomic E-state index is 13.6. The molecular weight excluding hydrogens is 436 g/mol. The number of carbonyl (C=O) groups is 2. The summed E-state index contributed by atoms with van der Waals surface area (Å²) in [6.45, 7) is 3.97. The second-order valence-electron chi connectivity index (χ2n) is 9.73. The summed E-state index contributed by atoms with van der Waals surface area (Å²) < 4.78 is 0. The van der Waals surface area contributed by atoms with Crippen LogP contribution in [0.15, 0.2) is 72.8 Å². The van der Waals surface area contributed by atoms with Crippen LogP contribution in [0.1, 0.15) is 43.4 Å². The van der Waals surface area contributed by atoms with Crippen LogP contribution < -0.4 is 16.0 Å². The highest BCUT2D eigenvalue weighted by Crippen LogP contribution is 2.30. The number of nitrogens with zero attached hydrogens (tertiary/aromatic N) is 2. The third kappa shape index (κ3) is 5.76. The lowest BCUT2D eigenvalue weighted by Crippen LogP contribution is -2.49. The number of nitrogens with one attached hydrogen (secondary N) is 1. The van der Waals surface area contributed by atoms with Crippen LogP contribution in [0.5, 0.6) is 0 Å². The van der Waals surface area contributed by atoms with Crippen molar-refractivity contribution >= 4 is 17.5 Å². The quantitative estimate of drug-likeness (QED) is 0.565. The van der Waals surface area contributed by atoms with Gasteiger partial charge in [-0.2, -0.15) is 5.26 Å². The van der Waals surface area contributed by atoms with E-state index in [0.29, 0.717) is 24.9 Å². The molecule has 35 heavy (non-hydrogen) atoms. The summed E-state index contributed by atoms with van der Waals surface area (Å²) in [5, 5.41) is 12.3. The summed E-state index contributed by atoms with van der Waals surface area (Å²) >= 11 is 0. The molecule has 0 spiro atoms. The normalized spacial score (nSPS) is 15.7. The first-order valence-corrected chi connectivity index (χ1v) is 11.8. The summed E-state index contributed by atoms with van der Waals surface area (Å²) in [4.78, 5) is 28.0. The van der Waals surface area contributed by atoms with Crippen molar-refractivity contribution in [1.29, 1.82) is 5.26 Å². The fraction of sp³-hybridized carbons (Fsp3) is 0.276. The van der Waals surface area contributed by atoms with Gasteiger partial charge in [0.2, 0.25) is 11.8 Å². The molecule has 4 rings (SSSR count). The molecular formula is C29H30N4O2. The van der Waals surface area contributed by atoms with Gasteiger partial charge in [0, 0.05) is 17.6 Å². The third-order valence-corrected chi connectivity index (χ3v) is 6.15. The molecule has 1 atom stereocenters. The van der Waals surface area contributed by atoms with Crippen LogP contribution in [-0.2, 0) is 22.6 Å². The summed E-state index contributed by atoms with van der Waals surface area (Å²) in [5.74, 6) is -0.348. The lowest BCUT2D eigenvalue weighted by atomic mass is 9.99. The maximum Gasteiger partial charge on any atom is 0.249 e. The van der Waals surface area contributed by atoms with Crippen LogP contribution in [-0.4, -0.2) is 23.4 Å². The molecule has 3 N–H and O–H groups in total. The highest BCUT2D eigenvalue weighted by atomic mass is 16.2. The Balaban J connectivity index is 1.59. The van der Waals surface area contributed by atoms with E-state index in [1.807, 2.05) is 66.7 Å². The molecule has 3 aromatic carbocycles. The Labute approximate surface area is 206 Å². The lowest BCUT2D eigenvalue weighted by Gasteiger charge is -2.27. The van der Waals surface area contributed by atoms with Crippen molar-refractivity contribution in [3.05, 3.63) is 89.5 Å². The molecule has 3 aromatic rings. The number of nitriles is 1. The Kier molecular flexibility index (Phi) is 6.99. The number of hydrogen-bond donors (Lipinski definition) is 2. The molecule has 0 bridgehead atoms. The van der Waals surface area contributed by atoms with Gasteiger partial charge in [0.05, 0.1) is 18.2 Å². The Morgan fingerprint density at radius 3 is 2.49 bits per heavy atom. The number of benzene rings is 3. The highest BCUT2D eigenvalue weighted by Gasteiger charge is 2.32. The van der Waals surface area contributed by atoms with E-state index in [2.05, 4.69) is 11.4 Å². The van der Waals surface area contributed by atoms with Gasteiger partial charge < -0.3 is 16.0 Å². The molecule has 6 heteroatoms. The van der Waals surface area contributed by atoms with E-state index in [0.717, 1.165) is 27.9 Å². The van der Waals surface area contributed by atoms with Crippen molar-refractivity contribution in [2.24, 2.45) is 5.73 Å². The minimum absolute atomic E-state index is 0.128. The fourth-order valence-corrected chi connectivity index (χ4v) is 4.48. The number of para-hydroxylation sites is 1. The van der Waals surface area contributed by atoms with Crippen molar-refractivity contribution < 1.29 is 9.59 Å². The van der Waals surface area contributed by atoms with Crippen molar-refractivity contribution in [3.63, 3.8) is 0 Å². The van der Waals surface area contributed by atoms with Gasteiger partial charge in [-0.25, -0.2) is 0 Å². The van der Waals surface area contributed by atoms with E-state index >= 15 is 0 Å². The van der Waals surface area contributed by atoms with Crippen LogP contribution in [0, 0.1) is 11.3 Å². The first-order valence-electron chi connectivity index (χ1n) is 11.8. The highest BCUT2D eigenvalue weighted by molar-refractivity contribution is 6.00. The number of amides is 2. The molecule has 0 radical (unpaired) electrons. The van der Waals surface area contributed by atoms with Gasteiger partial charge in [0.15, 0.2) is 0 Å². The summed E-state index contributed by atoms with van der Waals surface area (Å²) in [6.07, 6.45) is 1.38. The van der Waals surface area contributed by atoms with Gasteiger partial charge in [-0.1, -0.05) is 60.7 Å². The smallest absolute Gasteiger partial charge is 0.249 e. The van der Waals surface area contributed by atoms with Gasteiger partial charge in [0.1, 0.15) is 6.04 Å². The van der Waals surface area contributed by atoms with Crippen LogP contribution in [0.25, 0.3) is 11.1 Å². The monoisotopic (exact) mass is 466 g/mol. The lowest BCUT2D eigenvalue weighted by molar-refractivity contribution is -0.128. The summed E-state index contributed by atoms with van der Waals surface area (Å²) in [5.41, 5.74) is 10.7. The first-order chi connectivity index (χ1) is 16.7. The third-order valence-electron chi connectivity index (χ3n) is 6.15. The minimum atomic E-state index is -0.646. The van der Waals surface area contributed by atoms with Crippen molar-refractivity contribution in [3.8, 4) is 17.2 Å². The average Bonchev–Trinajstić information content (AvgIpc) is 2.96. The van der Waals surface area contributed by atoms with Gasteiger partial charge >= 0.3 is 0 Å². The van der Waals surface area contributed by atoms with Gasteiger partial charge in [-0.05, 0) is 61.1 Å². The second kappa shape index (κ2) is 10.1. The SMILES string of the molecule is CC(C)(N)CC(=O)N[C@@H]1CCc2ccccc2N(Cc2ccc(-c3ccccc3C#N)cc2)C1=O. The number of fused-ring (bicyclic) bond motifs is 1. The summed E-state index contributed by atoms with van der Waals surface area (Å²) in [6, 6.07) is 24.9. The maximum absolute atomic E-state index is 13.6. The largest absolute Gasteiger partial charge is 0.344 e. The molecule has 0 aliphatic carbocycles. The van der Waals surface area contributed by atoms with E-state index in [1.54, 1.807) is 24.8 Å². The number of carbonyl (C=O) groups excluding carboxylic acids is 2. The van der Waals surface area contributed by atoms with Crippen molar-refractivity contribution in [2.45, 2.75) is 51.2 Å². The fourth-order valence-electron chi connectivity index (χ4n) is 4.48. The molecule has 2 amide bonds. The van der Waals surface area contributed by atoms with Gasteiger partial charge in [0.25, 0.3) is 0 Å². The predicted octanol–water partition coefficient (Wildman–Crippen LogP) is 4.32. The van der Waals surface area contributed by atoms with Crippen LogP contribution in [0.4, 0.5) is 5.69 Å². The first kappa shape index (κ1) is 24.2. The van der Waals surface area contributed by atoms with Gasteiger partial charge in [-0.3, -0.25) is 9.59 Å². The molecule has 0 saturated carbocycles. The van der Waals surface area contributed by atoms with E-state index in [9.17, 15) is 14.9 Å². The van der Waals surface area contributed by atoms with Gasteiger partial charge in [-0.15, -0.1) is 0 Å².